The number of carbonyl (C=O) groups excluding carboxylic acids is 2. The Kier molecular flexibility index (Phi) is 8.10. The maximum Gasteiger partial charge on any atom is 0.186 e. The molecule has 0 radical (unpaired) electrons. The summed E-state index contributed by atoms with van der Waals surface area (Å²) < 4.78 is 0. The van der Waals surface area contributed by atoms with Gasteiger partial charge in [0.15, 0.2) is 5.12 Å². The lowest BCUT2D eigenvalue weighted by Crippen LogP contribution is -2.02. The molecule has 2 nitrogen and oxygen atoms in total. The van der Waals surface area contributed by atoms with E-state index in [9.17, 15) is 9.59 Å². The van der Waals surface area contributed by atoms with Gasteiger partial charge in [-0.25, -0.2) is 0 Å². The van der Waals surface area contributed by atoms with Crippen molar-refractivity contribution in [2.45, 2.75) is 46.0 Å². The third-order valence-corrected chi connectivity index (χ3v) is 2.62. The first kappa shape index (κ1) is 12.7. The van der Waals surface area contributed by atoms with E-state index in [0.29, 0.717) is 12.2 Å². The molecule has 0 N–H and O–H groups in total. The van der Waals surface area contributed by atoms with E-state index in [4.69, 9.17) is 0 Å². The molecule has 0 atom stereocenters. The van der Waals surface area contributed by atoms with Crippen LogP contribution in [0.3, 0.4) is 0 Å². The molecule has 0 saturated carbocycles. The molecule has 0 spiro atoms. The SMILES string of the molecule is CCCCCCC(=O)CSC(C)=O. The van der Waals surface area contributed by atoms with Gasteiger partial charge in [0.2, 0.25) is 0 Å². The predicted octanol–water partition coefficient (Wildman–Crippen LogP) is 2.81. The van der Waals surface area contributed by atoms with Crippen molar-refractivity contribution in [2.24, 2.45) is 0 Å². The van der Waals surface area contributed by atoms with Crippen LogP contribution in [0.5, 0.6) is 0 Å². The minimum atomic E-state index is 0.0295. The Morgan fingerprint density at radius 2 is 1.85 bits per heavy atom. The lowest BCUT2D eigenvalue weighted by Gasteiger charge is -1.98. The zero-order chi connectivity index (χ0) is 10.1. The molecule has 0 fully saturated rings. The summed E-state index contributed by atoms with van der Waals surface area (Å²) in [6, 6.07) is 0. The van der Waals surface area contributed by atoms with E-state index in [2.05, 4.69) is 6.92 Å². The highest BCUT2D eigenvalue weighted by atomic mass is 32.2. The lowest BCUT2D eigenvalue weighted by molar-refractivity contribution is -0.117. The Balaban J connectivity index is 3.25. The fourth-order valence-corrected chi connectivity index (χ4v) is 1.51. The topological polar surface area (TPSA) is 34.1 Å². The second kappa shape index (κ2) is 8.30. The number of hydrogen-bond donors (Lipinski definition) is 0. The molecule has 0 aromatic rings. The fraction of sp³-hybridized carbons (Fsp3) is 0.800. The summed E-state index contributed by atoms with van der Waals surface area (Å²) >= 11 is 1.11. The first-order valence-corrected chi connectivity index (χ1v) is 5.80. The van der Waals surface area contributed by atoms with Crippen molar-refractivity contribution < 1.29 is 9.59 Å². The Morgan fingerprint density at radius 1 is 1.15 bits per heavy atom. The Bertz CT molecular complexity index is 166. The van der Waals surface area contributed by atoms with Crippen LogP contribution in [0.4, 0.5) is 0 Å². The van der Waals surface area contributed by atoms with E-state index < -0.39 is 0 Å². The highest BCUT2D eigenvalue weighted by Crippen LogP contribution is 2.07. The summed E-state index contributed by atoms with van der Waals surface area (Å²) in [5, 5.41) is 0.0295. The van der Waals surface area contributed by atoms with Crippen molar-refractivity contribution in [3.63, 3.8) is 0 Å². The second-order valence-corrected chi connectivity index (χ2v) is 4.28. The standard InChI is InChI=1S/C10H18O2S/c1-3-4-5-6-7-10(12)8-13-9(2)11/h3-8H2,1-2H3. The monoisotopic (exact) mass is 202 g/mol. The fourth-order valence-electron chi connectivity index (χ4n) is 1.00. The summed E-state index contributed by atoms with van der Waals surface area (Å²) in [6.45, 7) is 3.64. The maximum atomic E-state index is 11.1. The van der Waals surface area contributed by atoms with E-state index in [0.717, 1.165) is 24.6 Å². The highest BCUT2D eigenvalue weighted by Gasteiger charge is 2.03. The van der Waals surface area contributed by atoms with E-state index in [1.54, 1.807) is 0 Å². The van der Waals surface area contributed by atoms with Crippen molar-refractivity contribution in [3.05, 3.63) is 0 Å². The summed E-state index contributed by atoms with van der Waals surface area (Å²) in [5.41, 5.74) is 0. The number of unbranched alkanes of at least 4 members (excludes halogenated alkanes) is 3. The lowest BCUT2D eigenvalue weighted by atomic mass is 10.1. The van der Waals surface area contributed by atoms with Gasteiger partial charge < -0.3 is 0 Å². The predicted molar refractivity (Wildman–Crippen MR) is 56.9 cm³/mol. The molecule has 3 heteroatoms. The molecule has 0 bridgehead atoms. The average Bonchev–Trinajstić information content (AvgIpc) is 2.09. The van der Waals surface area contributed by atoms with Crippen LogP contribution in [0, 0.1) is 0 Å². The Hall–Kier alpha value is -0.310. The van der Waals surface area contributed by atoms with Crippen LogP contribution in [-0.2, 0) is 9.59 Å². The van der Waals surface area contributed by atoms with Crippen molar-refractivity contribution in [1.82, 2.24) is 0 Å². The smallest absolute Gasteiger partial charge is 0.186 e. The Labute approximate surface area is 84.5 Å². The molecule has 0 amide bonds. The van der Waals surface area contributed by atoms with Gasteiger partial charge in [-0.1, -0.05) is 37.9 Å². The van der Waals surface area contributed by atoms with Crippen LogP contribution in [0.2, 0.25) is 0 Å². The van der Waals surface area contributed by atoms with Gasteiger partial charge in [-0.3, -0.25) is 9.59 Å². The molecular formula is C10H18O2S. The van der Waals surface area contributed by atoms with Crippen LogP contribution >= 0.6 is 11.8 Å². The largest absolute Gasteiger partial charge is 0.299 e. The molecule has 0 unspecified atom stereocenters. The van der Waals surface area contributed by atoms with Gasteiger partial charge in [-0.15, -0.1) is 0 Å². The quantitative estimate of drug-likeness (QED) is 0.595. The van der Waals surface area contributed by atoms with E-state index in [-0.39, 0.29) is 10.9 Å². The van der Waals surface area contributed by atoms with Crippen LogP contribution in [-0.4, -0.2) is 16.7 Å². The minimum Gasteiger partial charge on any atom is -0.299 e. The second-order valence-electron chi connectivity index (χ2n) is 3.13. The molecule has 0 aromatic carbocycles. The van der Waals surface area contributed by atoms with Gasteiger partial charge in [-0.05, 0) is 6.42 Å². The van der Waals surface area contributed by atoms with Gasteiger partial charge >= 0.3 is 0 Å². The molecule has 0 aromatic heterocycles. The normalized spacial score (nSPS) is 10.0. The minimum absolute atomic E-state index is 0.0295. The third kappa shape index (κ3) is 9.61. The number of thioether (sulfide) groups is 1. The highest BCUT2D eigenvalue weighted by molar-refractivity contribution is 8.14. The first-order chi connectivity index (χ1) is 6.16. The summed E-state index contributed by atoms with van der Waals surface area (Å²) in [4.78, 5) is 21.7. The number of ketones is 1. The van der Waals surface area contributed by atoms with Gasteiger partial charge in [-0.2, -0.15) is 0 Å². The van der Waals surface area contributed by atoms with E-state index in [1.165, 1.54) is 19.8 Å². The molecule has 13 heavy (non-hydrogen) atoms. The van der Waals surface area contributed by atoms with Crippen molar-refractivity contribution >= 4 is 22.7 Å². The Morgan fingerprint density at radius 3 is 2.38 bits per heavy atom. The van der Waals surface area contributed by atoms with Crippen molar-refractivity contribution in [3.8, 4) is 0 Å². The maximum absolute atomic E-state index is 11.1. The number of rotatable bonds is 7. The van der Waals surface area contributed by atoms with Crippen LogP contribution < -0.4 is 0 Å². The number of carbonyl (C=O) groups is 2. The molecule has 0 aliphatic rings. The third-order valence-electron chi connectivity index (χ3n) is 1.75. The van der Waals surface area contributed by atoms with Crippen LogP contribution in [0.1, 0.15) is 46.0 Å². The molecule has 0 rings (SSSR count). The van der Waals surface area contributed by atoms with E-state index >= 15 is 0 Å². The summed E-state index contributed by atoms with van der Waals surface area (Å²) in [6.07, 6.45) is 5.14. The molecule has 0 heterocycles. The number of Topliss-reactive ketones (excluding diaryl/α,β-unsaturated/α-hetero) is 1. The zero-order valence-electron chi connectivity index (χ0n) is 8.47. The van der Waals surface area contributed by atoms with Crippen molar-refractivity contribution in [1.29, 1.82) is 0 Å². The zero-order valence-corrected chi connectivity index (χ0v) is 9.28. The van der Waals surface area contributed by atoms with Crippen LogP contribution in [0.15, 0.2) is 0 Å². The van der Waals surface area contributed by atoms with Gasteiger partial charge in [0.1, 0.15) is 5.78 Å². The summed E-state index contributed by atoms with van der Waals surface area (Å²) in [7, 11) is 0. The molecular weight excluding hydrogens is 184 g/mol. The molecule has 76 valence electrons. The van der Waals surface area contributed by atoms with E-state index in [1.807, 2.05) is 0 Å². The van der Waals surface area contributed by atoms with Gasteiger partial charge in [0.25, 0.3) is 0 Å². The first-order valence-electron chi connectivity index (χ1n) is 4.82. The number of hydrogen-bond acceptors (Lipinski definition) is 3. The average molecular weight is 202 g/mol. The molecule has 0 aliphatic carbocycles. The molecule has 0 aliphatic heterocycles. The molecule has 0 saturated heterocycles. The summed E-state index contributed by atoms with van der Waals surface area (Å²) in [5.74, 6) is 0.567. The van der Waals surface area contributed by atoms with Crippen LogP contribution in [0.25, 0.3) is 0 Å². The van der Waals surface area contributed by atoms with Gasteiger partial charge in [0, 0.05) is 13.3 Å². The van der Waals surface area contributed by atoms with Gasteiger partial charge in [0.05, 0.1) is 5.75 Å². The van der Waals surface area contributed by atoms with Crippen molar-refractivity contribution in [2.75, 3.05) is 5.75 Å².